The summed E-state index contributed by atoms with van der Waals surface area (Å²) in [6, 6.07) is 4.26. The Balaban J connectivity index is 2.05. The van der Waals surface area contributed by atoms with E-state index in [9.17, 15) is 8.78 Å². The molecule has 0 amide bonds. The van der Waals surface area contributed by atoms with Gasteiger partial charge in [-0.1, -0.05) is 19.1 Å². The third kappa shape index (κ3) is 2.54. The number of alkyl halides is 1. The molecule has 1 fully saturated rings. The van der Waals surface area contributed by atoms with Gasteiger partial charge in [0.1, 0.15) is 0 Å². The summed E-state index contributed by atoms with van der Waals surface area (Å²) in [6.07, 6.45) is 2.84. The highest BCUT2D eigenvalue weighted by atomic mass is 35.5. The first-order valence-electron chi connectivity index (χ1n) is 5.66. The van der Waals surface area contributed by atoms with E-state index in [2.05, 4.69) is 6.92 Å². The highest BCUT2D eigenvalue weighted by molar-refractivity contribution is 6.20. The van der Waals surface area contributed by atoms with Crippen molar-refractivity contribution in [2.75, 3.05) is 0 Å². The largest absolute Gasteiger partial charge is 0.204 e. The lowest BCUT2D eigenvalue weighted by molar-refractivity contribution is 0.460. The van der Waals surface area contributed by atoms with E-state index in [0.29, 0.717) is 23.8 Å². The SMILES string of the molecule is CC(C(Cl)Cc1cccc(F)c1F)C1CC1. The Morgan fingerprint density at radius 2 is 2.06 bits per heavy atom. The van der Waals surface area contributed by atoms with Crippen LogP contribution in [-0.4, -0.2) is 5.38 Å². The Bertz CT molecular complexity index is 374. The fourth-order valence-corrected chi connectivity index (χ4v) is 2.39. The van der Waals surface area contributed by atoms with Crippen molar-refractivity contribution in [3.05, 3.63) is 35.4 Å². The fraction of sp³-hybridized carbons (Fsp3) is 0.538. The molecule has 0 aromatic heterocycles. The van der Waals surface area contributed by atoms with Crippen LogP contribution in [0, 0.1) is 23.5 Å². The molecule has 0 N–H and O–H groups in total. The minimum Gasteiger partial charge on any atom is -0.204 e. The Morgan fingerprint density at radius 3 is 2.69 bits per heavy atom. The molecule has 1 saturated carbocycles. The average molecular weight is 245 g/mol. The third-order valence-corrected chi connectivity index (χ3v) is 3.93. The van der Waals surface area contributed by atoms with Gasteiger partial charge in [0.15, 0.2) is 11.6 Å². The quantitative estimate of drug-likeness (QED) is 0.698. The van der Waals surface area contributed by atoms with Gasteiger partial charge in [-0.3, -0.25) is 0 Å². The molecule has 1 aromatic carbocycles. The summed E-state index contributed by atoms with van der Waals surface area (Å²) in [5.41, 5.74) is 0.382. The summed E-state index contributed by atoms with van der Waals surface area (Å²) in [5.74, 6) is -0.486. The van der Waals surface area contributed by atoms with Crippen LogP contribution in [-0.2, 0) is 6.42 Å². The van der Waals surface area contributed by atoms with Crippen molar-refractivity contribution in [3.8, 4) is 0 Å². The zero-order valence-electron chi connectivity index (χ0n) is 9.22. The molecule has 0 spiro atoms. The maximum atomic E-state index is 13.4. The number of hydrogen-bond acceptors (Lipinski definition) is 0. The van der Waals surface area contributed by atoms with Crippen LogP contribution in [0.3, 0.4) is 0 Å². The van der Waals surface area contributed by atoms with Crippen LogP contribution in [0.1, 0.15) is 25.3 Å². The van der Waals surface area contributed by atoms with E-state index in [1.807, 2.05) is 0 Å². The van der Waals surface area contributed by atoms with Crippen LogP contribution < -0.4 is 0 Å². The van der Waals surface area contributed by atoms with E-state index in [1.165, 1.54) is 18.9 Å². The van der Waals surface area contributed by atoms with E-state index in [4.69, 9.17) is 11.6 Å². The van der Waals surface area contributed by atoms with Gasteiger partial charge in [-0.25, -0.2) is 8.78 Å². The lowest BCUT2D eigenvalue weighted by Crippen LogP contribution is -2.17. The standard InChI is InChI=1S/C13H15ClF2/c1-8(9-5-6-9)11(14)7-10-3-2-4-12(15)13(10)16/h2-4,8-9,11H,5-7H2,1H3. The molecule has 1 aliphatic carbocycles. The molecule has 2 rings (SSSR count). The van der Waals surface area contributed by atoms with E-state index >= 15 is 0 Å². The normalized spacial score (nSPS) is 19.5. The molecule has 0 radical (unpaired) electrons. The molecule has 2 atom stereocenters. The van der Waals surface area contributed by atoms with Crippen LogP contribution in [0.25, 0.3) is 0 Å². The summed E-state index contributed by atoms with van der Waals surface area (Å²) >= 11 is 6.24. The summed E-state index contributed by atoms with van der Waals surface area (Å²) in [5, 5.41) is -0.108. The van der Waals surface area contributed by atoms with Gasteiger partial charge in [0.05, 0.1) is 0 Å². The zero-order chi connectivity index (χ0) is 11.7. The molecule has 0 aliphatic heterocycles. The fourth-order valence-electron chi connectivity index (χ4n) is 2.02. The van der Waals surface area contributed by atoms with Crippen LogP contribution >= 0.6 is 11.6 Å². The van der Waals surface area contributed by atoms with Crippen molar-refractivity contribution < 1.29 is 8.78 Å². The van der Waals surface area contributed by atoms with Gasteiger partial charge in [0.25, 0.3) is 0 Å². The maximum Gasteiger partial charge on any atom is 0.162 e. The van der Waals surface area contributed by atoms with Gasteiger partial charge in [-0.05, 0) is 42.7 Å². The second-order valence-electron chi connectivity index (χ2n) is 4.63. The van der Waals surface area contributed by atoms with Gasteiger partial charge in [-0.2, -0.15) is 0 Å². The molecule has 0 bridgehead atoms. The molecule has 16 heavy (non-hydrogen) atoms. The molecule has 0 heterocycles. The summed E-state index contributed by atoms with van der Waals surface area (Å²) in [4.78, 5) is 0. The molecule has 1 aromatic rings. The molecule has 88 valence electrons. The molecule has 2 unspecified atom stereocenters. The first-order valence-corrected chi connectivity index (χ1v) is 6.10. The maximum absolute atomic E-state index is 13.4. The van der Waals surface area contributed by atoms with Gasteiger partial charge in [0, 0.05) is 5.38 Å². The lowest BCUT2D eigenvalue weighted by atomic mass is 9.96. The third-order valence-electron chi connectivity index (χ3n) is 3.38. The predicted octanol–water partition coefficient (Wildman–Crippen LogP) is 4.16. The second kappa shape index (κ2) is 4.70. The minimum absolute atomic E-state index is 0.108. The number of benzene rings is 1. The van der Waals surface area contributed by atoms with Crippen molar-refractivity contribution in [3.63, 3.8) is 0 Å². The van der Waals surface area contributed by atoms with Crippen molar-refractivity contribution in [1.82, 2.24) is 0 Å². The Labute approximate surface area is 99.6 Å². The molecule has 1 aliphatic rings. The Kier molecular flexibility index (Phi) is 3.48. The van der Waals surface area contributed by atoms with Crippen molar-refractivity contribution in [2.45, 2.75) is 31.6 Å². The topological polar surface area (TPSA) is 0 Å². The van der Waals surface area contributed by atoms with Crippen LogP contribution in [0.15, 0.2) is 18.2 Å². The van der Waals surface area contributed by atoms with Gasteiger partial charge >= 0.3 is 0 Å². The molecule has 0 nitrogen and oxygen atoms in total. The first-order chi connectivity index (χ1) is 7.59. The molecular weight excluding hydrogens is 230 g/mol. The second-order valence-corrected chi connectivity index (χ2v) is 5.19. The predicted molar refractivity (Wildman–Crippen MR) is 61.6 cm³/mol. The monoisotopic (exact) mass is 244 g/mol. The highest BCUT2D eigenvalue weighted by Gasteiger charge is 2.32. The van der Waals surface area contributed by atoms with Crippen LogP contribution in [0.2, 0.25) is 0 Å². The van der Waals surface area contributed by atoms with Gasteiger partial charge in [-0.15, -0.1) is 11.6 Å². The smallest absolute Gasteiger partial charge is 0.162 e. The lowest BCUT2D eigenvalue weighted by Gasteiger charge is -2.17. The summed E-state index contributed by atoms with van der Waals surface area (Å²) < 4.78 is 26.4. The molecular formula is C13H15ClF2. The van der Waals surface area contributed by atoms with E-state index < -0.39 is 11.6 Å². The highest BCUT2D eigenvalue weighted by Crippen LogP contribution is 2.40. The van der Waals surface area contributed by atoms with E-state index in [0.717, 1.165) is 6.07 Å². The van der Waals surface area contributed by atoms with Gasteiger partial charge < -0.3 is 0 Å². The number of rotatable bonds is 4. The number of hydrogen-bond donors (Lipinski definition) is 0. The first kappa shape index (κ1) is 11.8. The van der Waals surface area contributed by atoms with Crippen molar-refractivity contribution in [1.29, 1.82) is 0 Å². The van der Waals surface area contributed by atoms with Crippen molar-refractivity contribution >= 4 is 11.6 Å². The van der Waals surface area contributed by atoms with E-state index in [-0.39, 0.29) is 5.38 Å². The average Bonchev–Trinajstić information content (AvgIpc) is 3.07. The molecule has 3 heteroatoms. The van der Waals surface area contributed by atoms with Gasteiger partial charge in [0.2, 0.25) is 0 Å². The summed E-state index contributed by atoms with van der Waals surface area (Å²) in [6.45, 7) is 2.09. The zero-order valence-corrected chi connectivity index (χ0v) is 9.98. The van der Waals surface area contributed by atoms with Crippen molar-refractivity contribution in [2.24, 2.45) is 11.8 Å². The Morgan fingerprint density at radius 1 is 1.38 bits per heavy atom. The van der Waals surface area contributed by atoms with E-state index in [1.54, 1.807) is 6.07 Å². The number of halogens is 3. The Hall–Kier alpha value is -0.630. The van der Waals surface area contributed by atoms with Crippen LogP contribution in [0.5, 0.6) is 0 Å². The summed E-state index contributed by atoms with van der Waals surface area (Å²) in [7, 11) is 0. The minimum atomic E-state index is -0.791. The van der Waals surface area contributed by atoms with Crippen LogP contribution in [0.4, 0.5) is 8.78 Å². The molecule has 0 saturated heterocycles.